The molecule has 2 aliphatic heterocycles. The predicted octanol–water partition coefficient (Wildman–Crippen LogP) is 2.77. The third-order valence-corrected chi connectivity index (χ3v) is 6.03. The lowest BCUT2D eigenvalue weighted by atomic mass is 10.0. The molecule has 2 aromatic heterocycles. The van der Waals surface area contributed by atoms with Crippen LogP contribution >= 0.6 is 0 Å². The van der Waals surface area contributed by atoms with Gasteiger partial charge >= 0.3 is 5.63 Å². The first-order chi connectivity index (χ1) is 16.0. The number of hydrogen-bond donors (Lipinski definition) is 1. The Morgan fingerprint density at radius 1 is 1.09 bits per heavy atom. The zero-order chi connectivity index (χ0) is 22.9. The molecule has 172 valence electrons. The van der Waals surface area contributed by atoms with E-state index in [4.69, 9.17) is 9.15 Å². The molecule has 1 fully saturated rings. The highest BCUT2D eigenvalue weighted by Crippen LogP contribution is 2.34. The molecule has 0 bridgehead atoms. The van der Waals surface area contributed by atoms with Gasteiger partial charge in [0, 0.05) is 49.7 Å². The molecule has 0 radical (unpaired) electrons. The van der Waals surface area contributed by atoms with Crippen molar-refractivity contribution in [2.75, 3.05) is 43.0 Å². The molecular weight excluding hydrogens is 434 g/mol. The first-order valence-corrected chi connectivity index (χ1v) is 10.8. The van der Waals surface area contributed by atoms with E-state index in [-0.39, 0.29) is 24.4 Å². The molecule has 3 aromatic rings. The molecule has 33 heavy (non-hydrogen) atoms. The Morgan fingerprint density at radius 3 is 2.73 bits per heavy atom. The number of amides is 1. The lowest BCUT2D eigenvalue weighted by molar-refractivity contribution is -0.122. The topological polar surface area (TPSA) is 87.9 Å². The van der Waals surface area contributed by atoms with E-state index in [1.807, 2.05) is 0 Å². The Kier molecular flexibility index (Phi) is 5.67. The largest absolute Gasteiger partial charge is 0.466 e. The highest BCUT2D eigenvalue weighted by Gasteiger charge is 2.34. The zero-order valence-corrected chi connectivity index (χ0v) is 17.7. The van der Waals surface area contributed by atoms with Crippen LogP contribution in [-0.2, 0) is 4.79 Å². The molecule has 8 nitrogen and oxygen atoms in total. The van der Waals surface area contributed by atoms with E-state index in [1.54, 1.807) is 4.90 Å². The summed E-state index contributed by atoms with van der Waals surface area (Å²) in [5, 5.41) is 3.72. The number of ether oxygens (including phenoxy) is 1. The average Bonchev–Trinajstić information content (AvgIpc) is 2.80. The van der Waals surface area contributed by atoms with E-state index in [1.165, 1.54) is 30.3 Å². The molecule has 0 spiro atoms. The number of piperidine rings is 1. The van der Waals surface area contributed by atoms with Gasteiger partial charge in [-0.2, -0.15) is 0 Å². The van der Waals surface area contributed by atoms with Crippen molar-refractivity contribution in [1.29, 1.82) is 0 Å². The van der Waals surface area contributed by atoms with Gasteiger partial charge in [-0.1, -0.05) is 0 Å². The molecule has 2 aliphatic rings. The van der Waals surface area contributed by atoms with E-state index in [2.05, 4.69) is 15.2 Å². The van der Waals surface area contributed by atoms with Crippen LogP contribution in [0, 0.1) is 11.6 Å². The van der Waals surface area contributed by atoms with Crippen LogP contribution in [0.3, 0.4) is 0 Å². The second kappa shape index (κ2) is 8.78. The number of carbonyl (C=O) groups excluding carboxylic acids is 1. The second-order valence-electron chi connectivity index (χ2n) is 8.15. The van der Waals surface area contributed by atoms with Gasteiger partial charge < -0.3 is 24.3 Å². The number of carbonyl (C=O) groups is 1. The number of anilines is 2. The Hall–Kier alpha value is -3.53. The number of benzene rings is 1. The minimum Gasteiger partial charge on any atom is -0.466 e. The summed E-state index contributed by atoms with van der Waals surface area (Å²) in [7, 11) is 0. The first kappa shape index (κ1) is 21.3. The molecule has 4 heterocycles. The summed E-state index contributed by atoms with van der Waals surface area (Å²) in [6.07, 6.45) is 2.53. The van der Waals surface area contributed by atoms with Crippen LogP contribution in [0.25, 0.3) is 11.0 Å². The van der Waals surface area contributed by atoms with E-state index in [0.29, 0.717) is 35.4 Å². The molecule has 0 saturated carbocycles. The summed E-state index contributed by atoms with van der Waals surface area (Å²) in [4.78, 5) is 32.1. The third-order valence-electron chi connectivity index (χ3n) is 6.03. The van der Waals surface area contributed by atoms with Crippen molar-refractivity contribution in [2.24, 2.45) is 0 Å². The highest BCUT2D eigenvalue weighted by atomic mass is 19.1. The molecule has 1 amide bonds. The number of halogens is 2. The smallest absolute Gasteiger partial charge is 0.338 e. The van der Waals surface area contributed by atoms with Gasteiger partial charge in [-0.15, -0.1) is 0 Å². The van der Waals surface area contributed by atoms with Gasteiger partial charge in [-0.05, 0) is 31.0 Å². The highest BCUT2D eigenvalue weighted by molar-refractivity contribution is 5.98. The molecule has 1 saturated heterocycles. The number of pyridine rings is 1. The normalized spacial score (nSPS) is 17.2. The zero-order valence-electron chi connectivity index (χ0n) is 17.7. The number of nitrogens with one attached hydrogen (secondary N) is 1. The summed E-state index contributed by atoms with van der Waals surface area (Å²) in [6.45, 7) is 2.65. The van der Waals surface area contributed by atoms with E-state index in [9.17, 15) is 18.4 Å². The fourth-order valence-electron chi connectivity index (χ4n) is 4.47. The van der Waals surface area contributed by atoms with Crippen LogP contribution in [0.5, 0.6) is 5.88 Å². The fraction of sp³-hybridized carbons (Fsp3) is 0.348. The molecule has 0 aliphatic carbocycles. The number of rotatable bonds is 5. The van der Waals surface area contributed by atoms with Crippen molar-refractivity contribution in [3.05, 3.63) is 58.6 Å². The standard InChI is InChI=1S/C23H22F2N4O4/c24-14-1-2-20-17(9-14)18(11-22(31)33-20)26-5-8-28-6-3-16(4-7-28)29-19-10-15(25)12-27-23(19)32-13-21(29)30/h1-2,9-12,16,26H,3-8,13H2. The molecule has 1 N–H and O–H groups in total. The number of aromatic nitrogens is 1. The molecule has 0 unspecified atom stereocenters. The Balaban J connectivity index is 1.20. The molecule has 5 rings (SSSR count). The Labute approximate surface area is 187 Å². The van der Waals surface area contributed by atoms with Crippen molar-refractivity contribution in [3.8, 4) is 5.88 Å². The van der Waals surface area contributed by atoms with Crippen molar-refractivity contribution in [2.45, 2.75) is 18.9 Å². The maximum absolute atomic E-state index is 13.7. The number of hydrogen-bond acceptors (Lipinski definition) is 7. The van der Waals surface area contributed by atoms with E-state index in [0.717, 1.165) is 32.1 Å². The van der Waals surface area contributed by atoms with E-state index >= 15 is 0 Å². The summed E-state index contributed by atoms with van der Waals surface area (Å²) in [6, 6.07) is 6.58. The van der Waals surface area contributed by atoms with Gasteiger partial charge in [0.2, 0.25) is 5.88 Å². The maximum atomic E-state index is 13.7. The minimum atomic E-state index is -0.511. The van der Waals surface area contributed by atoms with Gasteiger partial charge in [-0.3, -0.25) is 4.79 Å². The quantitative estimate of drug-likeness (QED) is 0.591. The van der Waals surface area contributed by atoms with Crippen molar-refractivity contribution in [1.82, 2.24) is 9.88 Å². The lowest BCUT2D eigenvalue weighted by Gasteiger charge is -2.40. The van der Waals surface area contributed by atoms with Crippen molar-refractivity contribution in [3.63, 3.8) is 0 Å². The van der Waals surface area contributed by atoms with Crippen LogP contribution < -0.4 is 20.6 Å². The monoisotopic (exact) mass is 456 g/mol. The van der Waals surface area contributed by atoms with Crippen molar-refractivity contribution >= 4 is 28.3 Å². The van der Waals surface area contributed by atoms with Crippen LogP contribution in [-0.4, -0.2) is 54.6 Å². The van der Waals surface area contributed by atoms with Crippen LogP contribution in [0.4, 0.5) is 20.2 Å². The Morgan fingerprint density at radius 2 is 1.91 bits per heavy atom. The summed E-state index contributed by atoms with van der Waals surface area (Å²) < 4.78 is 37.8. The molecule has 1 aromatic carbocycles. The molecular formula is C23H22F2N4O4. The van der Waals surface area contributed by atoms with Gasteiger partial charge in [0.05, 0.1) is 11.9 Å². The molecule has 0 atom stereocenters. The van der Waals surface area contributed by atoms with Gasteiger partial charge in [0.25, 0.3) is 5.91 Å². The maximum Gasteiger partial charge on any atom is 0.338 e. The predicted molar refractivity (Wildman–Crippen MR) is 118 cm³/mol. The van der Waals surface area contributed by atoms with Crippen LogP contribution in [0.15, 0.2) is 45.7 Å². The molecule has 10 heteroatoms. The Bertz CT molecular complexity index is 1260. The van der Waals surface area contributed by atoms with Crippen LogP contribution in [0.1, 0.15) is 12.8 Å². The van der Waals surface area contributed by atoms with Crippen LogP contribution in [0.2, 0.25) is 0 Å². The van der Waals surface area contributed by atoms with Gasteiger partial charge in [0.1, 0.15) is 22.9 Å². The lowest BCUT2D eigenvalue weighted by Crippen LogP contribution is -2.51. The number of nitrogens with zero attached hydrogens (tertiary/aromatic N) is 3. The summed E-state index contributed by atoms with van der Waals surface area (Å²) in [5.74, 6) is -0.839. The summed E-state index contributed by atoms with van der Waals surface area (Å²) in [5.41, 5.74) is 0.737. The summed E-state index contributed by atoms with van der Waals surface area (Å²) >= 11 is 0. The number of likely N-dealkylation sites (tertiary alicyclic amines) is 1. The van der Waals surface area contributed by atoms with E-state index < -0.39 is 17.3 Å². The van der Waals surface area contributed by atoms with Gasteiger partial charge in [-0.25, -0.2) is 18.6 Å². The second-order valence-corrected chi connectivity index (χ2v) is 8.15. The van der Waals surface area contributed by atoms with Gasteiger partial charge in [0.15, 0.2) is 6.61 Å². The SMILES string of the molecule is O=C1COc2ncc(F)cc2N1C1CCN(CCNc2cc(=O)oc3ccc(F)cc23)CC1. The first-order valence-electron chi connectivity index (χ1n) is 10.8. The fourth-order valence-corrected chi connectivity index (χ4v) is 4.47. The third kappa shape index (κ3) is 4.38. The minimum absolute atomic E-state index is 0.0568. The number of fused-ring (bicyclic) bond motifs is 2. The average molecular weight is 456 g/mol. The van der Waals surface area contributed by atoms with Crippen molar-refractivity contribution < 1.29 is 22.7 Å².